The van der Waals surface area contributed by atoms with Crippen molar-refractivity contribution in [2.75, 3.05) is 26.7 Å². The van der Waals surface area contributed by atoms with E-state index in [1.807, 2.05) is 0 Å². The van der Waals surface area contributed by atoms with E-state index in [4.69, 9.17) is 0 Å². The highest BCUT2D eigenvalue weighted by Gasteiger charge is 2.34. The van der Waals surface area contributed by atoms with Crippen LogP contribution in [0.5, 0.6) is 0 Å². The van der Waals surface area contributed by atoms with Gasteiger partial charge < -0.3 is 15.3 Å². The van der Waals surface area contributed by atoms with Crippen molar-refractivity contribution in [3.63, 3.8) is 0 Å². The number of hydrogen-bond acceptors (Lipinski definition) is 3. The molecule has 1 unspecified atom stereocenters. The molecule has 1 atom stereocenters. The SMILES string of the molecule is CC(CO)N(C)CC1(CNC2CC2)CCCCCC1. The first-order chi connectivity index (χ1) is 9.15. The van der Waals surface area contributed by atoms with Gasteiger partial charge in [-0.1, -0.05) is 25.7 Å². The molecule has 19 heavy (non-hydrogen) atoms. The lowest BCUT2D eigenvalue weighted by molar-refractivity contribution is 0.0903. The lowest BCUT2D eigenvalue weighted by Gasteiger charge is -2.39. The van der Waals surface area contributed by atoms with Gasteiger partial charge >= 0.3 is 0 Å². The highest BCUT2D eigenvalue weighted by molar-refractivity contribution is 4.91. The molecule has 3 nitrogen and oxygen atoms in total. The van der Waals surface area contributed by atoms with E-state index in [0.717, 1.165) is 12.6 Å². The summed E-state index contributed by atoms with van der Waals surface area (Å²) < 4.78 is 0. The third kappa shape index (κ3) is 4.73. The molecular formula is C16H32N2O. The van der Waals surface area contributed by atoms with Crippen molar-refractivity contribution in [2.24, 2.45) is 5.41 Å². The minimum atomic E-state index is 0.267. The van der Waals surface area contributed by atoms with Gasteiger partial charge in [0.25, 0.3) is 0 Å². The van der Waals surface area contributed by atoms with Gasteiger partial charge in [-0.3, -0.25) is 0 Å². The fraction of sp³-hybridized carbons (Fsp3) is 1.00. The van der Waals surface area contributed by atoms with E-state index in [1.165, 1.54) is 57.9 Å². The van der Waals surface area contributed by atoms with E-state index in [-0.39, 0.29) is 12.6 Å². The molecule has 2 saturated carbocycles. The second kappa shape index (κ2) is 7.05. The average molecular weight is 268 g/mol. The monoisotopic (exact) mass is 268 g/mol. The fourth-order valence-electron chi connectivity index (χ4n) is 3.34. The summed E-state index contributed by atoms with van der Waals surface area (Å²) >= 11 is 0. The highest BCUT2D eigenvalue weighted by atomic mass is 16.3. The lowest BCUT2D eigenvalue weighted by Crippen LogP contribution is -2.46. The minimum Gasteiger partial charge on any atom is -0.395 e. The zero-order valence-corrected chi connectivity index (χ0v) is 12.8. The van der Waals surface area contributed by atoms with E-state index in [0.29, 0.717) is 5.41 Å². The molecule has 0 aromatic carbocycles. The van der Waals surface area contributed by atoms with Crippen molar-refractivity contribution in [2.45, 2.75) is 70.4 Å². The molecular weight excluding hydrogens is 236 g/mol. The summed E-state index contributed by atoms with van der Waals surface area (Å²) in [5.41, 5.74) is 0.442. The van der Waals surface area contributed by atoms with Crippen LogP contribution in [0, 0.1) is 5.41 Å². The van der Waals surface area contributed by atoms with Crippen LogP contribution in [0.25, 0.3) is 0 Å². The Bertz CT molecular complexity index is 257. The molecule has 3 heteroatoms. The maximum atomic E-state index is 9.35. The van der Waals surface area contributed by atoms with Crippen LogP contribution >= 0.6 is 0 Å². The van der Waals surface area contributed by atoms with Crippen LogP contribution in [0.1, 0.15) is 58.3 Å². The van der Waals surface area contributed by atoms with Gasteiger partial charge in [-0.25, -0.2) is 0 Å². The van der Waals surface area contributed by atoms with Gasteiger partial charge in [0.05, 0.1) is 6.61 Å². The van der Waals surface area contributed by atoms with Gasteiger partial charge in [-0.2, -0.15) is 0 Å². The first-order valence-corrected chi connectivity index (χ1v) is 8.20. The summed E-state index contributed by atoms with van der Waals surface area (Å²) in [6.07, 6.45) is 11.0. The van der Waals surface area contributed by atoms with Crippen LogP contribution in [0.3, 0.4) is 0 Å². The number of rotatable bonds is 7. The van der Waals surface area contributed by atoms with Crippen molar-refractivity contribution in [3.05, 3.63) is 0 Å². The number of likely N-dealkylation sites (N-methyl/N-ethyl adjacent to an activating group) is 1. The normalized spacial score (nSPS) is 25.3. The molecule has 0 heterocycles. The molecule has 2 rings (SSSR count). The first-order valence-electron chi connectivity index (χ1n) is 8.20. The molecule has 0 radical (unpaired) electrons. The van der Waals surface area contributed by atoms with Gasteiger partial charge in [0.15, 0.2) is 0 Å². The smallest absolute Gasteiger partial charge is 0.0584 e. The third-order valence-corrected chi connectivity index (χ3v) is 5.11. The predicted octanol–water partition coefficient (Wildman–Crippen LogP) is 2.39. The van der Waals surface area contributed by atoms with Crippen molar-refractivity contribution in [1.29, 1.82) is 0 Å². The zero-order valence-electron chi connectivity index (χ0n) is 12.8. The Balaban J connectivity index is 1.94. The number of hydrogen-bond donors (Lipinski definition) is 2. The molecule has 2 aliphatic carbocycles. The highest BCUT2D eigenvalue weighted by Crippen LogP contribution is 2.36. The van der Waals surface area contributed by atoms with E-state index in [2.05, 4.69) is 24.2 Å². The number of aliphatic hydroxyl groups is 1. The summed E-state index contributed by atoms with van der Waals surface area (Å²) in [6, 6.07) is 1.08. The largest absolute Gasteiger partial charge is 0.395 e. The molecule has 2 fully saturated rings. The quantitative estimate of drug-likeness (QED) is 0.696. The average Bonchev–Trinajstić information content (AvgIpc) is 3.23. The standard InChI is InChI=1S/C16H32N2O/c1-14(11-19)18(2)13-16(12-17-15-7-8-15)9-5-3-4-6-10-16/h14-15,17,19H,3-13H2,1-2H3. The van der Waals surface area contributed by atoms with Gasteiger partial charge in [-0.05, 0) is 45.1 Å². The number of nitrogens with zero attached hydrogens (tertiary/aromatic N) is 1. The van der Waals surface area contributed by atoms with Crippen molar-refractivity contribution < 1.29 is 5.11 Å². The van der Waals surface area contributed by atoms with Crippen LogP contribution < -0.4 is 5.32 Å². The van der Waals surface area contributed by atoms with Crippen LogP contribution in [-0.4, -0.2) is 48.8 Å². The maximum absolute atomic E-state index is 9.35. The van der Waals surface area contributed by atoms with E-state index < -0.39 is 0 Å². The number of nitrogens with one attached hydrogen (secondary N) is 1. The summed E-state index contributed by atoms with van der Waals surface area (Å²) in [4.78, 5) is 2.36. The van der Waals surface area contributed by atoms with E-state index in [1.54, 1.807) is 0 Å². The van der Waals surface area contributed by atoms with Crippen molar-refractivity contribution >= 4 is 0 Å². The molecule has 0 spiro atoms. The zero-order chi connectivity index (χ0) is 13.7. The van der Waals surface area contributed by atoms with Crippen LogP contribution in [0.15, 0.2) is 0 Å². The topological polar surface area (TPSA) is 35.5 Å². The molecule has 112 valence electrons. The molecule has 0 bridgehead atoms. The van der Waals surface area contributed by atoms with Gasteiger partial charge in [-0.15, -0.1) is 0 Å². The Hall–Kier alpha value is -0.120. The van der Waals surface area contributed by atoms with Crippen molar-refractivity contribution in [3.8, 4) is 0 Å². The summed E-state index contributed by atoms with van der Waals surface area (Å²) in [5.74, 6) is 0. The predicted molar refractivity (Wildman–Crippen MR) is 80.3 cm³/mol. The van der Waals surface area contributed by atoms with Crippen LogP contribution in [0.2, 0.25) is 0 Å². The van der Waals surface area contributed by atoms with E-state index in [9.17, 15) is 5.11 Å². The Labute approximate surface area is 118 Å². The lowest BCUT2D eigenvalue weighted by atomic mass is 9.79. The Morgan fingerprint density at radius 3 is 2.37 bits per heavy atom. The number of aliphatic hydroxyl groups excluding tert-OH is 1. The Morgan fingerprint density at radius 2 is 1.84 bits per heavy atom. The molecule has 0 aromatic heterocycles. The molecule has 2 aliphatic rings. The van der Waals surface area contributed by atoms with Crippen LogP contribution in [0.4, 0.5) is 0 Å². The Morgan fingerprint density at radius 1 is 1.21 bits per heavy atom. The minimum absolute atomic E-state index is 0.267. The van der Waals surface area contributed by atoms with Gasteiger partial charge in [0.1, 0.15) is 0 Å². The second-order valence-corrected chi connectivity index (χ2v) is 7.02. The van der Waals surface area contributed by atoms with Gasteiger partial charge in [0, 0.05) is 25.2 Å². The third-order valence-electron chi connectivity index (χ3n) is 5.11. The fourth-order valence-corrected chi connectivity index (χ4v) is 3.34. The maximum Gasteiger partial charge on any atom is 0.0584 e. The molecule has 0 aromatic rings. The van der Waals surface area contributed by atoms with Crippen molar-refractivity contribution in [1.82, 2.24) is 10.2 Å². The molecule has 2 N–H and O–H groups in total. The summed E-state index contributed by atoms with van der Waals surface area (Å²) in [6.45, 7) is 4.70. The Kier molecular flexibility index (Phi) is 5.67. The van der Waals surface area contributed by atoms with Gasteiger partial charge in [0.2, 0.25) is 0 Å². The van der Waals surface area contributed by atoms with E-state index >= 15 is 0 Å². The first kappa shape index (κ1) is 15.3. The summed E-state index contributed by atoms with van der Waals surface area (Å²) in [7, 11) is 2.17. The summed E-state index contributed by atoms with van der Waals surface area (Å²) in [5, 5.41) is 13.1. The molecule has 0 saturated heterocycles. The van der Waals surface area contributed by atoms with Crippen LogP contribution in [-0.2, 0) is 0 Å². The second-order valence-electron chi connectivity index (χ2n) is 7.02. The molecule has 0 aliphatic heterocycles. The molecule has 0 amide bonds.